The molecule has 1 unspecified atom stereocenters. The van der Waals surface area contributed by atoms with E-state index in [1.165, 1.54) is 0 Å². The van der Waals surface area contributed by atoms with Gasteiger partial charge in [-0.25, -0.2) is 0 Å². The van der Waals surface area contributed by atoms with Crippen LogP contribution in [-0.2, 0) is 0 Å². The topological polar surface area (TPSA) is 81.3 Å². The van der Waals surface area contributed by atoms with Gasteiger partial charge in [0.1, 0.15) is 11.5 Å². The molecule has 0 aliphatic carbocycles. The van der Waals surface area contributed by atoms with Crippen molar-refractivity contribution in [3.8, 4) is 11.5 Å². The van der Waals surface area contributed by atoms with Gasteiger partial charge in [-0.3, -0.25) is 0 Å². The summed E-state index contributed by atoms with van der Waals surface area (Å²) in [5, 5.41) is 3.99. The molecule has 110 valence electrons. The number of likely N-dealkylation sites (N-methyl/N-ethyl adjacent to an activating group) is 1. The summed E-state index contributed by atoms with van der Waals surface area (Å²) in [5.41, 5.74) is 6.96. The zero-order chi connectivity index (χ0) is 14.7. The van der Waals surface area contributed by atoms with Gasteiger partial charge < -0.3 is 19.6 Å². The number of aryl methyl sites for hydroxylation is 2. The average Bonchev–Trinajstić information content (AvgIpc) is 3.02. The van der Waals surface area contributed by atoms with Gasteiger partial charge in [-0.05, 0) is 33.0 Å². The van der Waals surface area contributed by atoms with Crippen LogP contribution in [0.3, 0.4) is 0 Å². The molecule has 2 N–H and O–H groups in total. The summed E-state index contributed by atoms with van der Waals surface area (Å²) in [7, 11) is 0. The van der Waals surface area contributed by atoms with E-state index in [1.54, 1.807) is 0 Å². The zero-order valence-electron chi connectivity index (χ0n) is 12.5. The molecule has 0 radical (unpaired) electrons. The summed E-state index contributed by atoms with van der Waals surface area (Å²) in [6.45, 7) is 10.6. The van der Waals surface area contributed by atoms with E-state index >= 15 is 0 Å². The SMILES string of the molecule is CCN(CC)CC(N)c1noc(-c2cc(C)oc2C)n1. The molecule has 6 nitrogen and oxygen atoms in total. The summed E-state index contributed by atoms with van der Waals surface area (Å²) < 4.78 is 10.8. The lowest BCUT2D eigenvalue weighted by Gasteiger charge is -2.20. The van der Waals surface area contributed by atoms with Crippen LogP contribution < -0.4 is 5.73 Å². The van der Waals surface area contributed by atoms with E-state index < -0.39 is 0 Å². The predicted molar refractivity (Wildman–Crippen MR) is 76.2 cm³/mol. The molecule has 2 rings (SSSR count). The molecule has 0 aromatic carbocycles. The Hall–Kier alpha value is -1.66. The molecule has 2 heterocycles. The molecule has 0 spiro atoms. The second kappa shape index (κ2) is 6.19. The van der Waals surface area contributed by atoms with Crippen LogP contribution >= 0.6 is 0 Å². The summed E-state index contributed by atoms with van der Waals surface area (Å²) in [5.74, 6) is 2.59. The Kier molecular flexibility index (Phi) is 4.57. The fraction of sp³-hybridized carbons (Fsp3) is 0.571. The summed E-state index contributed by atoms with van der Waals surface area (Å²) in [4.78, 5) is 6.62. The number of aromatic nitrogens is 2. The van der Waals surface area contributed by atoms with E-state index in [0.29, 0.717) is 11.7 Å². The monoisotopic (exact) mass is 278 g/mol. The van der Waals surface area contributed by atoms with Crippen LogP contribution in [0.5, 0.6) is 0 Å². The molecule has 0 aliphatic heterocycles. The van der Waals surface area contributed by atoms with E-state index in [1.807, 2.05) is 19.9 Å². The second-order valence-electron chi connectivity index (χ2n) is 4.88. The van der Waals surface area contributed by atoms with Crippen molar-refractivity contribution in [1.82, 2.24) is 15.0 Å². The Labute approximate surface area is 118 Å². The highest BCUT2D eigenvalue weighted by Gasteiger charge is 2.19. The lowest BCUT2D eigenvalue weighted by Crippen LogP contribution is -2.32. The quantitative estimate of drug-likeness (QED) is 0.873. The van der Waals surface area contributed by atoms with E-state index in [0.717, 1.165) is 36.7 Å². The highest BCUT2D eigenvalue weighted by molar-refractivity contribution is 5.56. The molecule has 2 aromatic rings. The zero-order valence-corrected chi connectivity index (χ0v) is 12.5. The number of hydrogen-bond donors (Lipinski definition) is 1. The van der Waals surface area contributed by atoms with Crippen LogP contribution in [0.4, 0.5) is 0 Å². The number of nitrogens with two attached hydrogens (primary N) is 1. The molecule has 2 aromatic heterocycles. The van der Waals surface area contributed by atoms with Gasteiger partial charge >= 0.3 is 0 Å². The third-order valence-electron chi connectivity index (χ3n) is 3.39. The molecule has 0 bridgehead atoms. The van der Waals surface area contributed by atoms with Crippen molar-refractivity contribution in [2.24, 2.45) is 5.73 Å². The molecule has 0 amide bonds. The molecular weight excluding hydrogens is 256 g/mol. The van der Waals surface area contributed by atoms with Crippen molar-refractivity contribution < 1.29 is 8.94 Å². The van der Waals surface area contributed by atoms with Crippen LogP contribution in [0, 0.1) is 13.8 Å². The Morgan fingerprint density at radius 1 is 1.30 bits per heavy atom. The Bertz CT molecular complexity index is 557. The normalized spacial score (nSPS) is 13.1. The van der Waals surface area contributed by atoms with Crippen LogP contribution in [0.2, 0.25) is 0 Å². The lowest BCUT2D eigenvalue weighted by molar-refractivity contribution is 0.278. The van der Waals surface area contributed by atoms with Crippen LogP contribution in [0.1, 0.15) is 37.2 Å². The van der Waals surface area contributed by atoms with Gasteiger partial charge in [0, 0.05) is 6.54 Å². The minimum Gasteiger partial charge on any atom is -0.466 e. The molecule has 0 saturated carbocycles. The van der Waals surface area contributed by atoms with Gasteiger partial charge in [0.05, 0.1) is 11.6 Å². The molecule has 0 fully saturated rings. The minimum atomic E-state index is -0.249. The predicted octanol–water partition coefficient (Wildman–Crippen LogP) is 2.29. The molecule has 0 aliphatic rings. The third kappa shape index (κ3) is 3.08. The van der Waals surface area contributed by atoms with Crippen molar-refractivity contribution in [3.05, 3.63) is 23.4 Å². The number of furan rings is 1. The van der Waals surface area contributed by atoms with E-state index in [2.05, 4.69) is 28.9 Å². The lowest BCUT2D eigenvalue weighted by atomic mass is 10.2. The maximum Gasteiger partial charge on any atom is 0.261 e. The van der Waals surface area contributed by atoms with Gasteiger partial charge in [0.2, 0.25) is 0 Å². The first kappa shape index (κ1) is 14.7. The number of hydrogen-bond acceptors (Lipinski definition) is 6. The number of nitrogens with zero attached hydrogens (tertiary/aromatic N) is 3. The van der Waals surface area contributed by atoms with E-state index in [-0.39, 0.29) is 6.04 Å². The van der Waals surface area contributed by atoms with E-state index in [4.69, 9.17) is 14.7 Å². The van der Waals surface area contributed by atoms with Crippen LogP contribution in [0.25, 0.3) is 11.5 Å². The smallest absolute Gasteiger partial charge is 0.261 e. The third-order valence-corrected chi connectivity index (χ3v) is 3.39. The highest BCUT2D eigenvalue weighted by Crippen LogP contribution is 2.25. The first-order valence-corrected chi connectivity index (χ1v) is 6.94. The minimum absolute atomic E-state index is 0.249. The van der Waals surface area contributed by atoms with Gasteiger partial charge in [0.15, 0.2) is 5.82 Å². The fourth-order valence-electron chi connectivity index (χ4n) is 2.18. The van der Waals surface area contributed by atoms with Crippen LogP contribution in [0.15, 0.2) is 15.0 Å². The van der Waals surface area contributed by atoms with Gasteiger partial charge in [0.25, 0.3) is 5.89 Å². The van der Waals surface area contributed by atoms with Crippen LogP contribution in [-0.4, -0.2) is 34.7 Å². The summed E-state index contributed by atoms with van der Waals surface area (Å²) in [6.07, 6.45) is 0. The van der Waals surface area contributed by atoms with Gasteiger partial charge in [-0.2, -0.15) is 4.98 Å². The Morgan fingerprint density at radius 3 is 2.55 bits per heavy atom. The van der Waals surface area contributed by atoms with Crippen molar-refractivity contribution in [1.29, 1.82) is 0 Å². The Morgan fingerprint density at radius 2 is 2.00 bits per heavy atom. The van der Waals surface area contributed by atoms with Crippen molar-refractivity contribution in [2.45, 2.75) is 33.7 Å². The van der Waals surface area contributed by atoms with Gasteiger partial charge in [-0.15, -0.1) is 0 Å². The second-order valence-corrected chi connectivity index (χ2v) is 4.88. The first-order chi connectivity index (χ1) is 9.55. The number of rotatable bonds is 6. The van der Waals surface area contributed by atoms with Crippen molar-refractivity contribution in [3.63, 3.8) is 0 Å². The molecule has 6 heteroatoms. The fourth-order valence-corrected chi connectivity index (χ4v) is 2.18. The van der Waals surface area contributed by atoms with Crippen molar-refractivity contribution in [2.75, 3.05) is 19.6 Å². The molecule has 0 saturated heterocycles. The summed E-state index contributed by atoms with van der Waals surface area (Å²) >= 11 is 0. The van der Waals surface area contributed by atoms with Crippen molar-refractivity contribution >= 4 is 0 Å². The molecular formula is C14H22N4O2. The average molecular weight is 278 g/mol. The summed E-state index contributed by atoms with van der Waals surface area (Å²) in [6, 6.07) is 1.64. The molecule has 20 heavy (non-hydrogen) atoms. The highest BCUT2D eigenvalue weighted by atomic mass is 16.5. The van der Waals surface area contributed by atoms with Gasteiger partial charge in [-0.1, -0.05) is 19.0 Å². The Balaban J connectivity index is 2.14. The standard InChI is InChI=1S/C14H22N4O2/c1-5-18(6-2)8-12(15)13-16-14(20-17-13)11-7-9(3)19-10(11)4/h7,12H,5-6,8,15H2,1-4H3. The van der Waals surface area contributed by atoms with E-state index in [9.17, 15) is 0 Å². The first-order valence-electron chi connectivity index (χ1n) is 6.94. The maximum atomic E-state index is 6.13. The molecule has 1 atom stereocenters. The largest absolute Gasteiger partial charge is 0.466 e. The maximum absolute atomic E-state index is 6.13.